The second kappa shape index (κ2) is 3.88. The number of aliphatic hydroxyl groups is 1. The molecule has 0 heterocycles. The Morgan fingerprint density at radius 3 is 2.71 bits per heavy atom. The van der Waals surface area contributed by atoms with Gasteiger partial charge in [0.1, 0.15) is 0 Å². The van der Waals surface area contributed by atoms with Crippen LogP contribution in [0.1, 0.15) is 0 Å². The van der Waals surface area contributed by atoms with Gasteiger partial charge in [-0.2, -0.15) is 0 Å². The summed E-state index contributed by atoms with van der Waals surface area (Å²) in [6.07, 6.45) is 1.36. The first-order valence-corrected chi connectivity index (χ1v) is 3.51. The Labute approximate surface area is 48.6 Å². The number of hydrogen-bond donors (Lipinski definition) is 1. The van der Waals surface area contributed by atoms with Crippen molar-refractivity contribution in [1.82, 2.24) is 0 Å². The summed E-state index contributed by atoms with van der Waals surface area (Å²) in [6.45, 7) is 3.29. The molecule has 0 aromatic carbocycles. The van der Waals surface area contributed by atoms with Gasteiger partial charge in [0.25, 0.3) is 0 Å². The fourth-order valence-corrected chi connectivity index (χ4v) is 0.531. The molecular formula is C4H5NOSe. The van der Waals surface area contributed by atoms with Crippen LogP contribution in [0.4, 0.5) is 0 Å². The molecule has 0 aliphatic heterocycles. The summed E-state index contributed by atoms with van der Waals surface area (Å²) in [5.41, 5.74) is 0. The summed E-state index contributed by atoms with van der Waals surface area (Å²) < 4.78 is 0. The van der Waals surface area contributed by atoms with E-state index in [1.54, 1.807) is 0 Å². The van der Waals surface area contributed by atoms with Crippen LogP contribution in [0.2, 0.25) is 0 Å². The third-order valence-electron chi connectivity index (χ3n) is 0.375. The quantitative estimate of drug-likeness (QED) is 0.446. The Morgan fingerprint density at radius 2 is 2.57 bits per heavy atom. The van der Waals surface area contributed by atoms with Crippen molar-refractivity contribution in [3.05, 3.63) is 12.7 Å². The van der Waals surface area contributed by atoms with Crippen LogP contribution in [0, 0.1) is 10.2 Å². The average molecular weight is 162 g/mol. The zero-order chi connectivity index (χ0) is 5.70. The van der Waals surface area contributed by atoms with Crippen molar-refractivity contribution in [1.29, 1.82) is 5.26 Å². The maximum absolute atomic E-state index is 8.55. The molecule has 0 spiro atoms. The first-order valence-electron chi connectivity index (χ1n) is 1.66. The van der Waals surface area contributed by atoms with Crippen LogP contribution in [-0.2, 0) is 0 Å². The molecule has 0 aromatic rings. The van der Waals surface area contributed by atoms with Gasteiger partial charge in [0.05, 0.1) is 0 Å². The van der Waals surface area contributed by atoms with Crippen LogP contribution >= 0.6 is 0 Å². The van der Waals surface area contributed by atoms with E-state index in [4.69, 9.17) is 10.4 Å². The standard InChI is InChI=1S/C4H5NOSe/c1-2-4(6)7-3-5/h2,4,6H,1H2. The molecule has 0 aliphatic carbocycles. The summed E-state index contributed by atoms with van der Waals surface area (Å²) in [4.78, 5) is 1.86. The number of aliphatic hydroxyl groups excluding tert-OH is 1. The van der Waals surface area contributed by atoms with Gasteiger partial charge in [-0.05, 0) is 0 Å². The van der Waals surface area contributed by atoms with E-state index < -0.39 is 5.00 Å². The van der Waals surface area contributed by atoms with E-state index >= 15 is 0 Å². The number of nitrogens with zero attached hydrogens (tertiary/aromatic N) is 1. The van der Waals surface area contributed by atoms with Gasteiger partial charge in [-0.15, -0.1) is 0 Å². The van der Waals surface area contributed by atoms with Crippen molar-refractivity contribution in [2.75, 3.05) is 0 Å². The predicted molar refractivity (Wildman–Crippen MR) is 27.6 cm³/mol. The molecular weight excluding hydrogens is 157 g/mol. The first kappa shape index (κ1) is 6.71. The predicted octanol–water partition coefficient (Wildman–Crippen LogP) is -0.324. The van der Waals surface area contributed by atoms with E-state index in [-0.39, 0.29) is 15.0 Å². The summed E-state index contributed by atoms with van der Waals surface area (Å²) in [5.74, 6) is 0. The number of hydrogen-bond acceptors (Lipinski definition) is 2. The summed E-state index contributed by atoms with van der Waals surface area (Å²) >= 11 is -0.332. The van der Waals surface area contributed by atoms with Gasteiger partial charge in [0.15, 0.2) is 0 Å². The van der Waals surface area contributed by atoms with E-state index in [1.807, 2.05) is 4.97 Å². The molecule has 0 rings (SSSR count). The molecule has 7 heavy (non-hydrogen) atoms. The molecule has 3 heteroatoms. The first-order chi connectivity index (χ1) is 3.31. The van der Waals surface area contributed by atoms with Crippen LogP contribution in [-0.4, -0.2) is 25.1 Å². The van der Waals surface area contributed by atoms with E-state index in [0.29, 0.717) is 0 Å². The molecule has 1 unspecified atom stereocenters. The van der Waals surface area contributed by atoms with E-state index in [2.05, 4.69) is 6.58 Å². The van der Waals surface area contributed by atoms with Crippen LogP contribution in [0.15, 0.2) is 12.7 Å². The zero-order valence-corrected chi connectivity index (χ0v) is 5.38. The molecule has 0 radical (unpaired) electrons. The van der Waals surface area contributed by atoms with Gasteiger partial charge in [0, 0.05) is 0 Å². The van der Waals surface area contributed by atoms with Crippen molar-refractivity contribution in [3.8, 4) is 4.97 Å². The van der Waals surface area contributed by atoms with Crippen molar-refractivity contribution in [2.45, 2.75) is 5.00 Å². The minimum absolute atomic E-state index is 0.332. The molecule has 0 amide bonds. The summed E-state index contributed by atoms with van der Waals surface area (Å²) in [6, 6.07) is 0. The average Bonchev–Trinajstić information content (AvgIpc) is 1.68. The third-order valence-corrected chi connectivity index (χ3v) is 1.51. The summed E-state index contributed by atoms with van der Waals surface area (Å²) in [5, 5.41) is 15.9. The molecule has 1 N–H and O–H groups in total. The van der Waals surface area contributed by atoms with Crippen LogP contribution in [0.3, 0.4) is 0 Å². The SMILES string of the molecule is C=CC(O)[Se]C#N. The molecule has 0 saturated carbocycles. The van der Waals surface area contributed by atoms with Gasteiger partial charge in [0.2, 0.25) is 0 Å². The van der Waals surface area contributed by atoms with Crippen molar-refractivity contribution in [2.24, 2.45) is 0 Å². The van der Waals surface area contributed by atoms with Crippen molar-refractivity contribution < 1.29 is 5.11 Å². The van der Waals surface area contributed by atoms with E-state index in [1.165, 1.54) is 6.08 Å². The van der Waals surface area contributed by atoms with Crippen molar-refractivity contribution >= 4 is 15.0 Å². The summed E-state index contributed by atoms with van der Waals surface area (Å²) in [7, 11) is 0. The molecule has 38 valence electrons. The molecule has 1 atom stereocenters. The molecule has 0 bridgehead atoms. The Kier molecular flexibility index (Phi) is 3.72. The van der Waals surface area contributed by atoms with E-state index in [0.717, 1.165) is 0 Å². The Balaban J connectivity index is 3.21. The third kappa shape index (κ3) is 3.54. The Hall–Kier alpha value is -0.291. The van der Waals surface area contributed by atoms with Crippen molar-refractivity contribution in [3.63, 3.8) is 0 Å². The van der Waals surface area contributed by atoms with Gasteiger partial charge >= 0.3 is 48.0 Å². The van der Waals surface area contributed by atoms with E-state index in [9.17, 15) is 0 Å². The van der Waals surface area contributed by atoms with Crippen LogP contribution < -0.4 is 0 Å². The normalized spacial score (nSPS) is 12.0. The van der Waals surface area contributed by atoms with Gasteiger partial charge < -0.3 is 0 Å². The van der Waals surface area contributed by atoms with Gasteiger partial charge in [-0.1, -0.05) is 0 Å². The molecule has 0 fully saturated rings. The maximum atomic E-state index is 8.55. The number of nitriles is 1. The zero-order valence-electron chi connectivity index (χ0n) is 3.66. The molecule has 0 saturated heterocycles. The van der Waals surface area contributed by atoms with Gasteiger partial charge in [-0.3, -0.25) is 0 Å². The molecule has 2 nitrogen and oxygen atoms in total. The molecule has 0 aromatic heterocycles. The topological polar surface area (TPSA) is 44.0 Å². The fourth-order valence-electron chi connectivity index (χ4n) is 0.102. The Morgan fingerprint density at radius 1 is 2.00 bits per heavy atom. The fraction of sp³-hybridized carbons (Fsp3) is 0.250. The second-order valence-electron chi connectivity index (χ2n) is 0.835. The molecule has 0 aliphatic rings. The van der Waals surface area contributed by atoms with Crippen LogP contribution in [0.5, 0.6) is 0 Å². The minimum atomic E-state index is -0.586. The van der Waals surface area contributed by atoms with Crippen LogP contribution in [0.25, 0.3) is 0 Å². The monoisotopic (exact) mass is 163 g/mol. The van der Waals surface area contributed by atoms with Gasteiger partial charge in [-0.25, -0.2) is 0 Å². The number of rotatable bonds is 2. The Bertz CT molecular complexity index is 96.4. The second-order valence-corrected chi connectivity index (χ2v) is 2.73.